The Morgan fingerprint density at radius 1 is 1.44 bits per heavy atom. The third-order valence-corrected chi connectivity index (χ3v) is 2.80. The molecule has 0 N–H and O–H groups in total. The fourth-order valence-electron chi connectivity index (χ4n) is 1.50. The molecule has 0 spiro atoms. The number of nitrogens with zero attached hydrogens (tertiary/aromatic N) is 1. The lowest BCUT2D eigenvalue weighted by Crippen LogP contribution is -2.24. The third kappa shape index (κ3) is 5.91. The van der Waals surface area contributed by atoms with Gasteiger partial charge in [0.25, 0.3) is 0 Å². The highest BCUT2D eigenvalue weighted by Crippen LogP contribution is 2.06. The highest BCUT2D eigenvalue weighted by Gasteiger charge is 2.08. The van der Waals surface area contributed by atoms with Crippen molar-refractivity contribution in [2.45, 2.75) is 33.6 Å². The van der Waals surface area contributed by atoms with Gasteiger partial charge in [-0.2, -0.15) is 0 Å². The molecule has 0 aliphatic heterocycles. The summed E-state index contributed by atoms with van der Waals surface area (Å²) < 4.78 is 4.71. The Balaban J connectivity index is 4.16. The van der Waals surface area contributed by atoms with Crippen LogP contribution in [-0.2, 0) is 9.53 Å². The number of carbonyl (C=O) groups excluding carboxylic acids is 1. The second-order valence-electron chi connectivity index (χ2n) is 4.31. The molecule has 0 aromatic heterocycles. The Morgan fingerprint density at radius 2 is 2.06 bits per heavy atom. The van der Waals surface area contributed by atoms with E-state index in [-0.39, 0.29) is 5.97 Å². The van der Waals surface area contributed by atoms with Gasteiger partial charge in [0, 0.05) is 18.7 Å². The van der Waals surface area contributed by atoms with E-state index in [1.54, 1.807) is 0 Å². The van der Waals surface area contributed by atoms with Crippen LogP contribution in [0.15, 0.2) is 11.6 Å². The van der Waals surface area contributed by atoms with Crippen LogP contribution in [0.5, 0.6) is 0 Å². The highest BCUT2D eigenvalue weighted by molar-refractivity contribution is 5.88. The van der Waals surface area contributed by atoms with Crippen molar-refractivity contribution >= 4 is 5.97 Å². The average molecular weight is 227 g/mol. The van der Waals surface area contributed by atoms with Gasteiger partial charge in [0.15, 0.2) is 0 Å². The summed E-state index contributed by atoms with van der Waals surface area (Å²) in [6.07, 6.45) is 3.88. The first-order valence-electron chi connectivity index (χ1n) is 6.00. The molecule has 0 bridgehead atoms. The predicted octanol–water partition coefficient (Wildman–Crippen LogP) is 2.47. The van der Waals surface area contributed by atoms with E-state index in [1.165, 1.54) is 13.5 Å². The van der Waals surface area contributed by atoms with E-state index in [9.17, 15) is 4.79 Å². The average Bonchev–Trinajstić information content (AvgIpc) is 2.29. The van der Waals surface area contributed by atoms with Gasteiger partial charge >= 0.3 is 5.97 Å². The molecule has 0 aliphatic carbocycles. The maximum Gasteiger partial charge on any atom is 0.333 e. The Labute approximate surface area is 99.5 Å². The third-order valence-electron chi connectivity index (χ3n) is 2.80. The van der Waals surface area contributed by atoms with Crippen LogP contribution in [0.2, 0.25) is 0 Å². The highest BCUT2D eigenvalue weighted by atomic mass is 16.5. The molecule has 3 heteroatoms. The lowest BCUT2D eigenvalue weighted by Gasteiger charge is -2.19. The lowest BCUT2D eigenvalue weighted by atomic mass is 10.1. The molecular formula is C13H25NO2. The zero-order valence-corrected chi connectivity index (χ0v) is 11.2. The number of carbonyl (C=O) groups is 1. The van der Waals surface area contributed by atoms with Crippen LogP contribution >= 0.6 is 0 Å². The van der Waals surface area contributed by atoms with E-state index in [0.717, 1.165) is 25.1 Å². The van der Waals surface area contributed by atoms with Crippen LogP contribution in [0.4, 0.5) is 0 Å². The van der Waals surface area contributed by atoms with Crippen molar-refractivity contribution in [3.8, 4) is 0 Å². The molecule has 0 saturated carbocycles. The Morgan fingerprint density at radius 3 is 2.50 bits per heavy atom. The van der Waals surface area contributed by atoms with E-state index in [4.69, 9.17) is 4.74 Å². The molecule has 1 atom stereocenters. The first kappa shape index (κ1) is 15.2. The number of methoxy groups -OCH3 is 1. The van der Waals surface area contributed by atoms with Crippen molar-refractivity contribution in [3.63, 3.8) is 0 Å². The maximum atomic E-state index is 11.3. The van der Waals surface area contributed by atoms with Gasteiger partial charge in [-0.25, -0.2) is 4.79 Å². The molecule has 0 rings (SSSR count). The summed E-state index contributed by atoms with van der Waals surface area (Å²) in [5, 5.41) is 0. The molecule has 0 radical (unpaired) electrons. The summed E-state index contributed by atoms with van der Waals surface area (Å²) in [4.78, 5) is 13.6. The second kappa shape index (κ2) is 8.34. The molecule has 0 heterocycles. The number of hydrogen-bond donors (Lipinski definition) is 0. The monoisotopic (exact) mass is 227 g/mol. The standard InChI is InChI=1S/C13H25NO2/c1-6-11(3)10-14(4)9-8-12(7-2)13(15)16-5/h8,11H,6-7,9-10H2,1-5H3. The second-order valence-corrected chi connectivity index (χ2v) is 4.31. The first-order valence-corrected chi connectivity index (χ1v) is 6.00. The van der Waals surface area contributed by atoms with Crippen LogP contribution in [0.3, 0.4) is 0 Å². The Kier molecular flexibility index (Phi) is 7.90. The largest absolute Gasteiger partial charge is 0.466 e. The zero-order chi connectivity index (χ0) is 12.6. The molecule has 0 aromatic rings. The van der Waals surface area contributed by atoms with Gasteiger partial charge in [-0.1, -0.05) is 33.3 Å². The minimum absolute atomic E-state index is 0.209. The summed E-state index contributed by atoms with van der Waals surface area (Å²) in [5.41, 5.74) is 0.763. The minimum atomic E-state index is -0.209. The number of hydrogen-bond acceptors (Lipinski definition) is 3. The zero-order valence-electron chi connectivity index (χ0n) is 11.2. The fraction of sp³-hybridized carbons (Fsp3) is 0.769. The summed E-state index contributed by atoms with van der Waals surface area (Å²) >= 11 is 0. The van der Waals surface area contributed by atoms with Gasteiger partial charge in [0.1, 0.15) is 0 Å². The fourth-order valence-corrected chi connectivity index (χ4v) is 1.50. The van der Waals surface area contributed by atoms with Crippen molar-refractivity contribution in [2.24, 2.45) is 5.92 Å². The van der Waals surface area contributed by atoms with Gasteiger partial charge < -0.3 is 9.64 Å². The van der Waals surface area contributed by atoms with Gasteiger partial charge in [0.05, 0.1) is 7.11 Å². The van der Waals surface area contributed by atoms with E-state index in [0.29, 0.717) is 5.92 Å². The molecule has 0 saturated heterocycles. The van der Waals surface area contributed by atoms with Crippen molar-refractivity contribution in [3.05, 3.63) is 11.6 Å². The van der Waals surface area contributed by atoms with Gasteiger partial charge in [0.2, 0.25) is 0 Å². The molecule has 16 heavy (non-hydrogen) atoms. The molecule has 94 valence electrons. The Bertz CT molecular complexity index is 236. The smallest absolute Gasteiger partial charge is 0.333 e. The molecule has 3 nitrogen and oxygen atoms in total. The normalized spacial score (nSPS) is 14.0. The van der Waals surface area contributed by atoms with Crippen LogP contribution in [0.1, 0.15) is 33.6 Å². The maximum absolute atomic E-state index is 11.3. The van der Waals surface area contributed by atoms with Crippen molar-refractivity contribution in [1.82, 2.24) is 4.90 Å². The van der Waals surface area contributed by atoms with E-state index in [2.05, 4.69) is 25.8 Å². The molecule has 0 fully saturated rings. The SMILES string of the molecule is CCC(=CCN(C)CC(C)CC)C(=O)OC. The van der Waals surface area contributed by atoms with Crippen LogP contribution < -0.4 is 0 Å². The van der Waals surface area contributed by atoms with E-state index in [1.807, 2.05) is 13.0 Å². The molecular weight excluding hydrogens is 202 g/mol. The van der Waals surface area contributed by atoms with Gasteiger partial charge in [-0.15, -0.1) is 0 Å². The van der Waals surface area contributed by atoms with Gasteiger partial charge in [-0.3, -0.25) is 0 Å². The first-order chi connectivity index (χ1) is 7.54. The van der Waals surface area contributed by atoms with E-state index >= 15 is 0 Å². The van der Waals surface area contributed by atoms with Crippen LogP contribution in [0.25, 0.3) is 0 Å². The molecule has 1 unspecified atom stereocenters. The van der Waals surface area contributed by atoms with E-state index < -0.39 is 0 Å². The van der Waals surface area contributed by atoms with Crippen LogP contribution in [0, 0.1) is 5.92 Å². The number of likely N-dealkylation sites (N-methyl/N-ethyl adjacent to an activating group) is 1. The number of rotatable bonds is 7. The predicted molar refractivity (Wildman–Crippen MR) is 67.3 cm³/mol. The van der Waals surface area contributed by atoms with Crippen molar-refractivity contribution in [2.75, 3.05) is 27.2 Å². The number of esters is 1. The van der Waals surface area contributed by atoms with Crippen LogP contribution in [-0.4, -0.2) is 38.1 Å². The van der Waals surface area contributed by atoms with Crippen molar-refractivity contribution < 1.29 is 9.53 Å². The molecule has 0 aromatic carbocycles. The lowest BCUT2D eigenvalue weighted by molar-refractivity contribution is -0.136. The summed E-state index contributed by atoms with van der Waals surface area (Å²) in [7, 11) is 3.50. The quantitative estimate of drug-likeness (QED) is 0.494. The summed E-state index contributed by atoms with van der Waals surface area (Å²) in [6.45, 7) is 8.27. The minimum Gasteiger partial charge on any atom is -0.466 e. The molecule has 0 aliphatic rings. The Hall–Kier alpha value is -0.830. The summed E-state index contributed by atoms with van der Waals surface area (Å²) in [5.74, 6) is 0.487. The number of ether oxygens (including phenoxy) is 1. The topological polar surface area (TPSA) is 29.5 Å². The van der Waals surface area contributed by atoms with Crippen molar-refractivity contribution in [1.29, 1.82) is 0 Å². The summed E-state index contributed by atoms with van der Waals surface area (Å²) in [6, 6.07) is 0. The molecule has 0 amide bonds. The van der Waals surface area contributed by atoms with Gasteiger partial charge in [-0.05, 0) is 19.4 Å².